The first-order valence-corrected chi connectivity index (χ1v) is 13.3. The zero-order valence-corrected chi connectivity index (χ0v) is 19.5. The first-order valence-electron chi connectivity index (χ1n) is 10.7. The van der Waals surface area contributed by atoms with Gasteiger partial charge in [0.15, 0.2) is 5.82 Å². The van der Waals surface area contributed by atoms with Gasteiger partial charge in [0.1, 0.15) is 5.30 Å². The summed E-state index contributed by atoms with van der Waals surface area (Å²) in [6, 6.07) is 20.2. The van der Waals surface area contributed by atoms with Crippen LogP contribution in [0.2, 0.25) is 0 Å². The second-order valence-electron chi connectivity index (χ2n) is 7.79. The van der Waals surface area contributed by atoms with Crippen LogP contribution in [0, 0.1) is 6.92 Å². The molecule has 3 aromatic rings. The molecule has 0 unspecified atom stereocenters. The molecule has 2 aromatic carbocycles. The van der Waals surface area contributed by atoms with E-state index in [9.17, 15) is 0 Å². The molecule has 31 heavy (non-hydrogen) atoms. The van der Waals surface area contributed by atoms with Crippen molar-refractivity contribution < 1.29 is 4.52 Å². The van der Waals surface area contributed by atoms with Crippen molar-refractivity contribution >= 4 is 35.2 Å². The van der Waals surface area contributed by atoms with Crippen molar-refractivity contribution in [2.45, 2.75) is 13.8 Å². The molecule has 160 valence electrons. The molecule has 0 saturated carbocycles. The van der Waals surface area contributed by atoms with Gasteiger partial charge in [-0.25, -0.2) is 9.35 Å². The molecule has 2 aliphatic rings. The van der Waals surface area contributed by atoms with Gasteiger partial charge in [0.25, 0.3) is 0 Å². The average molecular weight is 452 g/mol. The van der Waals surface area contributed by atoms with Crippen LogP contribution in [0.3, 0.4) is 0 Å². The van der Waals surface area contributed by atoms with Crippen molar-refractivity contribution in [1.29, 1.82) is 0 Å². The minimum atomic E-state index is -2.55. The topological polar surface area (TPSA) is 45.9 Å². The number of aliphatic imine (C=N–C) groups is 1. The number of hydrogen-bond acceptors (Lipinski definition) is 5. The van der Waals surface area contributed by atoms with E-state index < -0.39 is 6.42 Å². The Morgan fingerprint density at radius 1 is 0.968 bits per heavy atom. The maximum Gasteiger partial charge on any atom is 0.227 e. The van der Waals surface area contributed by atoms with E-state index in [2.05, 4.69) is 16.5 Å². The van der Waals surface area contributed by atoms with Crippen LogP contribution in [0.15, 0.2) is 65.7 Å². The van der Waals surface area contributed by atoms with E-state index in [4.69, 9.17) is 26.4 Å². The molecule has 0 N–H and O–H groups in total. The predicted octanol–water partition coefficient (Wildman–Crippen LogP) is 3.86. The number of nitrogens with zero attached hydrogens (tertiary/aromatic N) is 5. The first kappa shape index (κ1) is 20.6. The maximum atomic E-state index is 6.65. The molecule has 1 atom stereocenters. The fraction of sp³-hybridized carbons (Fsp3) is 0.304. The molecule has 5 rings (SSSR count). The Hall–Kier alpha value is -2.31. The van der Waals surface area contributed by atoms with Gasteiger partial charge in [-0.3, -0.25) is 0 Å². The standard InChI is InChI=1S/C23H26N5OPS/c1-3-26-14-16-27(17-15-26)30(31)21-18(2)25-28(20-12-8-5-9-13-20)22(21)24-23(29-30)19-10-6-4-7-11-19/h4-13H,3,14-17H2,1-2H3/t30-/m1/s1. The van der Waals surface area contributed by atoms with Crippen molar-refractivity contribution in [3.05, 3.63) is 71.9 Å². The predicted molar refractivity (Wildman–Crippen MR) is 130 cm³/mol. The Balaban J connectivity index is 1.66. The summed E-state index contributed by atoms with van der Waals surface area (Å²) in [6.07, 6.45) is -2.55. The van der Waals surface area contributed by atoms with Crippen LogP contribution >= 0.6 is 6.42 Å². The molecule has 6 nitrogen and oxygen atoms in total. The number of likely N-dealkylation sites (N-methyl/N-ethyl adjacent to an activating group) is 1. The average Bonchev–Trinajstić information content (AvgIpc) is 3.17. The number of aryl methyl sites for hydroxylation is 1. The van der Waals surface area contributed by atoms with E-state index in [0.717, 1.165) is 60.8 Å². The number of hydrogen-bond donors (Lipinski definition) is 0. The van der Waals surface area contributed by atoms with E-state index in [0.29, 0.717) is 5.90 Å². The number of aromatic nitrogens is 2. The molecule has 8 heteroatoms. The SMILES string of the molecule is CCN1CCN([P@@]2(=S)OC(c3ccccc3)=Nc3c2c(C)nn3-c2ccccc2)CC1. The third-order valence-electron chi connectivity index (χ3n) is 5.90. The van der Waals surface area contributed by atoms with E-state index >= 15 is 0 Å². The lowest BCUT2D eigenvalue weighted by atomic mass is 10.2. The second-order valence-corrected chi connectivity index (χ2v) is 11.5. The summed E-state index contributed by atoms with van der Waals surface area (Å²) in [5.74, 6) is 1.39. The number of piperazine rings is 1. The molecule has 1 aromatic heterocycles. The molecule has 1 saturated heterocycles. The van der Waals surface area contributed by atoms with Crippen LogP contribution in [0.25, 0.3) is 5.69 Å². The molecular formula is C23H26N5OPS. The molecule has 0 amide bonds. The number of para-hydroxylation sites is 1. The molecule has 2 aliphatic heterocycles. The molecule has 0 radical (unpaired) electrons. The monoisotopic (exact) mass is 451 g/mol. The van der Waals surface area contributed by atoms with Crippen LogP contribution in [-0.4, -0.2) is 58.0 Å². The van der Waals surface area contributed by atoms with Crippen molar-refractivity contribution in [2.75, 3.05) is 32.7 Å². The summed E-state index contributed by atoms with van der Waals surface area (Å²) in [5.41, 5.74) is 2.81. The van der Waals surface area contributed by atoms with Crippen molar-refractivity contribution in [1.82, 2.24) is 19.4 Å². The Labute approximate surface area is 188 Å². The second kappa shape index (κ2) is 8.32. The fourth-order valence-corrected chi connectivity index (χ4v) is 7.95. The lowest BCUT2D eigenvalue weighted by molar-refractivity contribution is 0.195. The highest BCUT2D eigenvalue weighted by atomic mass is 32.4. The fourth-order valence-electron chi connectivity index (χ4n) is 4.18. The van der Waals surface area contributed by atoms with Crippen molar-refractivity contribution in [3.8, 4) is 5.69 Å². The van der Waals surface area contributed by atoms with Gasteiger partial charge in [0, 0.05) is 31.7 Å². The summed E-state index contributed by atoms with van der Waals surface area (Å²) in [7, 11) is 0. The molecule has 0 spiro atoms. The van der Waals surface area contributed by atoms with Gasteiger partial charge < -0.3 is 9.42 Å². The van der Waals surface area contributed by atoms with Gasteiger partial charge >= 0.3 is 0 Å². The highest BCUT2D eigenvalue weighted by Gasteiger charge is 2.42. The quantitative estimate of drug-likeness (QED) is 0.564. The van der Waals surface area contributed by atoms with E-state index in [1.807, 2.05) is 72.3 Å². The Bertz CT molecular complexity index is 1150. The normalized spacial score (nSPS) is 21.9. The zero-order valence-electron chi connectivity index (χ0n) is 17.8. The van der Waals surface area contributed by atoms with Gasteiger partial charge in [-0.15, -0.1) is 0 Å². The molecule has 0 bridgehead atoms. The number of rotatable bonds is 4. The highest BCUT2D eigenvalue weighted by molar-refractivity contribution is 8.15. The minimum absolute atomic E-state index is 0.589. The lowest BCUT2D eigenvalue weighted by Gasteiger charge is -2.41. The molecule has 0 aliphatic carbocycles. The first-order chi connectivity index (χ1) is 15.1. The van der Waals surface area contributed by atoms with Crippen molar-refractivity contribution in [2.24, 2.45) is 4.99 Å². The van der Waals surface area contributed by atoms with Gasteiger partial charge in [-0.2, -0.15) is 10.1 Å². The third-order valence-corrected chi connectivity index (χ3v) is 10.0. The number of benzene rings is 2. The van der Waals surface area contributed by atoms with Crippen LogP contribution in [0.5, 0.6) is 0 Å². The van der Waals surface area contributed by atoms with Gasteiger partial charge in [-0.1, -0.05) is 43.3 Å². The van der Waals surface area contributed by atoms with Crippen molar-refractivity contribution in [3.63, 3.8) is 0 Å². The van der Waals surface area contributed by atoms with Crippen LogP contribution in [0.1, 0.15) is 18.2 Å². The highest BCUT2D eigenvalue weighted by Crippen LogP contribution is 2.56. The molecular weight excluding hydrogens is 425 g/mol. The summed E-state index contributed by atoms with van der Waals surface area (Å²) in [6.45, 7) is 9.07. The van der Waals surface area contributed by atoms with Crippen LogP contribution in [0.4, 0.5) is 5.82 Å². The zero-order chi connectivity index (χ0) is 21.4. The summed E-state index contributed by atoms with van der Waals surface area (Å²) in [4.78, 5) is 7.41. The summed E-state index contributed by atoms with van der Waals surface area (Å²) >= 11 is 6.39. The summed E-state index contributed by atoms with van der Waals surface area (Å²) < 4.78 is 10.9. The smallest absolute Gasteiger partial charge is 0.227 e. The Morgan fingerprint density at radius 3 is 2.26 bits per heavy atom. The largest absolute Gasteiger partial charge is 0.431 e. The molecule has 1 fully saturated rings. The number of fused-ring (bicyclic) bond motifs is 1. The maximum absolute atomic E-state index is 6.65. The van der Waals surface area contributed by atoms with Gasteiger partial charge in [0.2, 0.25) is 12.3 Å². The van der Waals surface area contributed by atoms with Gasteiger partial charge in [-0.05, 0) is 49.5 Å². The summed E-state index contributed by atoms with van der Waals surface area (Å²) in [5, 5.41) is 5.85. The van der Waals surface area contributed by atoms with E-state index in [-0.39, 0.29) is 0 Å². The van der Waals surface area contributed by atoms with Gasteiger partial charge in [0.05, 0.1) is 11.4 Å². The molecule has 3 heterocycles. The third kappa shape index (κ3) is 3.66. The van der Waals surface area contributed by atoms with Crippen LogP contribution in [-0.2, 0) is 16.3 Å². The Kier molecular flexibility index (Phi) is 5.52. The van der Waals surface area contributed by atoms with E-state index in [1.165, 1.54) is 0 Å². The van der Waals surface area contributed by atoms with Crippen LogP contribution < -0.4 is 5.30 Å². The minimum Gasteiger partial charge on any atom is -0.431 e. The lowest BCUT2D eigenvalue weighted by Crippen LogP contribution is -2.46. The van der Waals surface area contributed by atoms with E-state index in [1.54, 1.807) is 0 Å². The Morgan fingerprint density at radius 2 is 1.61 bits per heavy atom.